The number of alkyl halides is 3. The highest BCUT2D eigenvalue weighted by Crippen LogP contribution is 2.38. The van der Waals surface area contributed by atoms with E-state index < -0.39 is 36.2 Å². The molecule has 2 N–H and O–H groups in total. The summed E-state index contributed by atoms with van der Waals surface area (Å²) in [4.78, 5) is 39.1. The second kappa shape index (κ2) is 10.8. The number of pyridine rings is 1. The molecule has 1 aromatic heterocycles. The van der Waals surface area contributed by atoms with Gasteiger partial charge in [0.1, 0.15) is 5.60 Å². The number of carbonyl (C=O) groups is 2. The summed E-state index contributed by atoms with van der Waals surface area (Å²) in [5, 5.41) is 5.23. The van der Waals surface area contributed by atoms with E-state index in [0.717, 1.165) is 5.56 Å². The summed E-state index contributed by atoms with van der Waals surface area (Å²) in [5.74, 6) is -0.260. The van der Waals surface area contributed by atoms with Crippen LogP contribution in [0.1, 0.15) is 61.1 Å². The van der Waals surface area contributed by atoms with E-state index in [9.17, 15) is 27.6 Å². The topological polar surface area (TPSA) is 89.4 Å². The van der Waals surface area contributed by atoms with Crippen molar-refractivity contribution in [2.24, 2.45) is 0 Å². The largest absolute Gasteiger partial charge is 0.444 e. The molecule has 2 heterocycles. The van der Waals surface area contributed by atoms with Crippen LogP contribution in [-0.4, -0.2) is 40.6 Å². The molecule has 0 saturated carbocycles. The number of carbonyl (C=O) groups excluding carboxylic acids is 2. The van der Waals surface area contributed by atoms with Crippen molar-refractivity contribution >= 4 is 23.8 Å². The van der Waals surface area contributed by atoms with Gasteiger partial charge in [-0.1, -0.05) is 30.3 Å². The first-order valence-corrected chi connectivity index (χ1v) is 12.1. The average Bonchev–Trinajstić information content (AvgIpc) is 3.15. The molecule has 11 heteroatoms. The minimum Gasteiger partial charge on any atom is -0.444 e. The molecular weight excluding hydrogens is 483 g/mol. The first-order chi connectivity index (χ1) is 16.3. The van der Waals surface area contributed by atoms with Gasteiger partial charge in [0.05, 0.1) is 23.7 Å². The smallest absolute Gasteiger partial charge is 0.408 e. The number of thioether (sulfide) groups is 1. The SMILES string of the molecule is CC(C)(C)OC(=O)N[C@H]1CSc2c(C(=O)NCCCC(F)(F)F)cn(Cc3ccccc3)c(=O)c21. The second-order valence-corrected chi connectivity index (χ2v) is 10.2. The third-order valence-corrected chi connectivity index (χ3v) is 6.29. The lowest BCUT2D eigenvalue weighted by Gasteiger charge is -2.22. The van der Waals surface area contributed by atoms with E-state index in [-0.39, 0.29) is 36.2 Å². The quantitative estimate of drug-likeness (QED) is 0.529. The van der Waals surface area contributed by atoms with E-state index in [1.54, 1.807) is 20.8 Å². The number of amides is 2. The Morgan fingerprint density at radius 2 is 1.86 bits per heavy atom. The maximum Gasteiger partial charge on any atom is 0.408 e. The molecule has 0 aliphatic carbocycles. The van der Waals surface area contributed by atoms with Gasteiger partial charge < -0.3 is 19.9 Å². The lowest BCUT2D eigenvalue weighted by Crippen LogP contribution is -2.38. The van der Waals surface area contributed by atoms with Gasteiger partial charge in [-0.3, -0.25) is 9.59 Å². The van der Waals surface area contributed by atoms with Crippen LogP contribution in [0.2, 0.25) is 0 Å². The van der Waals surface area contributed by atoms with Crippen LogP contribution in [0.3, 0.4) is 0 Å². The van der Waals surface area contributed by atoms with Gasteiger partial charge in [0, 0.05) is 29.8 Å². The standard InChI is InChI=1S/C24H28F3N3O4S/c1-23(2,3)34-22(33)29-17-14-35-19-16(20(31)28-11-7-10-24(25,26)27)13-30(21(32)18(17)19)12-15-8-5-4-6-9-15/h4-6,8-9,13,17H,7,10-12,14H2,1-3H3,(H,28,31)(H,29,33)/t17-/m0/s1. The van der Waals surface area contributed by atoms with Crippen LogP contribution >= 0.6 is 11.8 Å². The minimum absolute atomic E-state index is 0.158. The number of halogens is 3. The van der Waals surface area contributed by atoms with Crippen LogP contribution in [-0.2, 0) is 11.3 Å². The van der Waals surface area contributed by atoms with Crippen LogP contribution in [0.15, 0.2) is 46.2 Å². The number of alkyl carbamates (subject to hydrolysis) is 1. The number of fused-ring (bicyclic) bond motifs is 1. The molecule has 2 aromatic rings. The van der Waals surface area contributed by atoms with Gasteiger partial charge in [-0.05, 0) is 32.8 Å². The summed E-state index contributed by atoms with van der Waals surface area (Å²) in [6.45, 7) is 5.19. The Labute approximate surface area is 205 Å². The number of aromatic nitrogens is 1. The third-order valence-electron chi connectivity index (χ3n) is 5.06. The molecule has 0 fully saturated rings. The van der Waals surface area contributed by atoms with E-state index >= 15 is 0 Å². The first-order valence-electron chi connectivity index (χ1n) is 11.1. The zero-order chi connectivity index (χ0) is 25.8. The Bertz CT molecular complexity index is 1130. The molecule has 2 amide bonds. The molecule has 0 bridgehead atoms. The lowest BCUT2D eigenvalue weighted by atomic mass is 10.1. The van der Waals surface area contributed by atoms with Gasteiger partial charge in [-0.25, -0.2) is 4.79 Å². The molecule has 1 atom stereocenters. The normalized spacial score (nSPS) is 15.4. The Morgan fingerprint density at radius 1 is 1.17 bits per heavy atom. The summed E-state index contributed by atoms with van der Waals surface area (Å²) in [6, 6.07) is 8.47. The highest BCUT2D eigenvalue weighted by atomic mass is 32.2. The Balaban J connectivity index is 1.91. The van der Waals surface area contributed by atoms with E-state index in [2.05, 4.69) is 10.6 Å². The number of nitrogens with zero attached hydrogens (tertiary/aromatic N) is 1. The number of hydrogen-bond donors (Lipinski definition) is 2. The van der Waals surface area contributed by atoms with Crippen LogP contribution in [0.4, 0.5) is 18.0 Å². The molecule has 3 rings (SSSR count). The van der Waals surface area contributed by atoms with Crippen molar-refractivity contribution in [3.63, 3.8) is 0 Å². The summed E-state index contributed by atoms with van der Waals surface area (Å²) >= 11 is 1.24. The Morgan fingerprint density at radius 3 is 2.49 bits per heavy atom. The Kier molecular flexibility index (Phi) is 8.19. The molecular formula is C24H28F3N3O4S. The fourth-order valence-electron chi connectivity index (χ4n) is 3.59. The molecule has 0 unspecified atom stereocenters. The third kappa shape index (κ3) is 7.51. The summed E-state index contributed by atoms with van der Waals surface area (Å²) < 4.78 is 44.0. The molecule has 0 saturated heterocycles. The van der Waals surface area contributed by atoms with Crippen molar-refractivity contribution in [1.29, 1.82) is 0 Å². The second-order valence-electron chi connectivity index (χ2n) is 9.19. The van der Waals surface area contributed by atoms with Crippen molar-refractivity contribution < 1.29 is 27.5 Å². The van der Waals surface area contributed by atoms with E-state index in [1.807, 2.05) is 30.3 Å². The zero-order valence-corrected chi connectivity index (χ0v) is 20.5. The number of ether oxygens (including phenoxy) is 1. The fourth-order valence-corrected chi connectivity index (χ4v) is 4.86. The monoisotopic (exact) mass is 511 g/mol. The van der Waals surface area contributed by atoms with Gasteiger partial charge in [-0.2, -0.15) is 13.2 Å². The maximum absolute atomic E-state index is 13.4. The van der Waals surface area contributed by atoms with E-state index in [0.29, 0.717) is 10.6 Å². The Hall–Kier alpha value is -2.95. The molecule has 35 heavy (non-hydrogen) atoms. The number of nitrogens with one attached hydrogen (secondary N) is 2. The van der Waals surface area contributed by atoms with Crippen LogP contribution in [0.5, 0.6) is 0 Å². The van der Waals surface area contributed by atoms with Crippen LogP contribution < -0.4 is 16.2 Å². The zero-order valence-electron chi connectivity index (χ0n) is 19.7. The number of hydrogen-bond acceptors (Lipinski definition) is 5. The maximum atomic E-state index is 13.4. The van der Waals surface area contributed by atoms with Gasteiger partial charge in [0.15, 0.2) is 0 Å². The highest BCUT2D eigenvalue weighted by Gasteiger charge is 2.34. The van der Waals surface area contributed by atoms with Gasteiger partial charge in [0.2, 0.25) is 0 Å². The van der Waals surface area contributed by atoms with Crippen LogP contribution in [0, 0.1) is 0 Å². The highest BCUT2D eigenvalue weighted by molar-refractivity contribution is 7.99. The van der Waals surface area contributed by atoms with E-state index in [1.165, 1.54) is 22.5 Å². The molecule has 1 aromatic carbocycles. The molecule has 190 valence electrons. The lowest BCUT2D eigenvalue weighted by molar-refractivity contribution is -0.135. The molecule has 1 aliphatic rings. The predicted octanol–water partition coefficient (Wildman–Crippen LogP) is 4.64. The molecule has 0 radical (unpaired) electrons. The van der Waals surface area contributed by atoms with Crippen LogP contribution in [0.25, 0.3) is 0 Å². The molecule has 7 nitrogen and oxygen atoms in total. The number of benzene rings is 1. The van der Waals surface area contributed by atoms with Gasteiger partial charge in [0.25, 0.3) is 11.5 Å². The fraction of sp³-hybridized carbons (Fsp3) is 0.458. The van der Waals surface area contributed by atoms with Gasteiger partial charge >= 0.3 is 12.3 Å². The van der Waals surface area contributed by atoms with Crippen molar-refractivity contribution in [2.75, 3.05) is 12.3 Å². The van der Waals surface area contributed by atoms with Crippen molar-refractivity contribution in [1.82, 2.24) is 15.2 Å². The molecule has 0 spiro atoms. The van der Waals surface area contributed by atoms with Crippen molar-refractivity contribution in [2.45, 2.75) is 62.9 Å². The predicted molar refractivity (Wildman–Crippen MR) is 127 cm³/mol. The summed E-state index contributed by atoms with van der Waals surface area (Å²) in [5.41, 5.74) is 0.183. The summed E-state index contributed by atoms with van der Waals surface area (Å²) in [6.07, 6.45) is -4.82. The average molecular weight is 512 g/mol. The van der Waals surface area contributed by atoms with Crippen molar-refractivity contribution in [3.05, 3.63) is 63.6 Å². The van der Waals surface area contributed by atoms with Crippen molar-refractivity contribution in [3.8, 4) is 0 Å². The minimum atomic E-state index is -4.30. The van der Waals surface area contributed by atoms with Gasteiger partial charge in [-0.15, -0.1) is 11.8 Å². The first kappa shape index (κ1) is 26.7. The molecule has 1 aliphatic heterocycles. The number of rotatable bonds is 7. The summed E-state index contributed by atoms with van der Waals surface area (Å²) in [7, 11) is 0. The van der Waals surface area contributed by atoms with E-state index in [4.69, 9.17) is 4.74 Å².